The maximum absolute atomic E-state index is 11.8. The van der Waals surface area contributed by atoms with Crippen molar-refractivity contribution in [1.82, 2.24) is 4.90 Å². The van der Waals surface area contributed by atoms with Gasteiger partial charge >= 0.3 is 0 Å². The molecule has 15 heavy (non-hydrogen) atoms. The van der Waals surface area contributed by atoms with Gasteiger partial charge in [-0.3, -0.25) is 14.5 Å². The van der Waals surface area contributed by atoms with Crippen LogP contribution in [0.5, 0.6) is 0 Å². The molecule has 0 spiro atoms. The first-order valence-corrected chi connectivity index (χ1v) is 5.49. The average Bonchev–Trinajstić information content (AvgIpc) is 2.56. The number of rotatable bonds is 1. The summed E-state index contributed by atoms with van der Waals surface area (Å²) in [6, 6.07) is 0.0891. The lowest BCUT2D eigenvalue weighted by Crippen LogP contribution is -2.45. The summed E-state index contributed by atoms with van der Waals surface area (Å²) in [7, 11) is 0. The van der Waals surface area contributed by atoms with Gasteiger partial charge in [0, 0.05) is 17.7 Å². The van der Waals surface area contributed by atoms with E-state index in [1.807, 2.05) is 0 Å². The maximum atomic E-state index is 11.8. The molecule has 1 aliphatic heterocycles. The molecule has 1 heterocycles. The van der Waals surface area contributed by atoms with Crippen LogP contribution in [0.2, 0.25) is 0 Å². The lowest BCUT2D eigenvalue weighted by molar-refractivity contribution is -0.142. The molecule has 1 saturated carbocycles. The van der Waals surface area contributed by atoms with Crippen molar-refractivity contribution in [2.45, 2.75) is 46.1 Å². The van der Waals surface area contributed by atoms with E-state index in [2.05, 4.69) is 13.8 Å². The van der Waals surface area contributed by atoms with Crippen LogP contribution in [0.15, 0.2) is 11.6 Å². The molecule has 82 valence electrons. The number of nitrogens with zero attached hydrogens (tertiary/aromatic N) is 1. The second-order valence-electron chi connectivity index (χ2n) is 5.24. The Kier molecular flexibility index (Phi) is 2.21. The van der Waals surface area contributed by atoms with Crippen LogP contribution < -0.4 is 0 Å². The normalized spacial score (nSPS) is 29.9. The lowest BCUT2D eigenvalue weighted by Gasteiger charge is -2.33. The molecule has 0 N–H and O–H groups in total. The highest BCUT2D eigenvalue weighted by molar-refractivity contribution is 6.16. The van der Waals surface area contributed by atoms with Gasteiger partial charge in [-0.2, -0.15) is 0 Å². The third-order valence-corrected chi connectivity index (χ3v) is 3.65. The Hall–Kier alpha value is -1.12. The number of carbonyl (C=O) groups is 2. The standard InChI is InChI=1S/C12H17NO2/c1-8-7-10(14)13(11(8)15)9-5-4-6-12(9,2)3/h7,9H,4-6H2,1-3H3. The first-order valence-electron chi connectivity index (χ1n) is 5.49. The Morgan fingerprint density at radius 1 is 1.40 bits per heavy atom. The van der Waals surface area contributed by atoms with Gasteiger partial charge in [0.2, 0.25) is 0 Å². The van der Waals surface area contributed by atoms with E-state index in [0.29, 0.717) is 5.57 Å². The Morgan fingerprint density at radius 2 is 2.07 bits per heavy atom. The van der Waals surface area contributed by atoms with Crippen molar-refractivity contribution in [3.05, 3.63) is 11.6 Å². The fourth-order valence-electron chi connectivity index (χ4n) is 2.69. The van der Waals surface area contributed by atoms with E-state index in [1.165, 1.54) is 11.0 Å². The van der Waals surface area contributed by atoms with E-state index in [1.54, 1.807) is 6.92 Å². The SMILES string of the molecule is CC1=CC(=O)N(C2CCCC2(C)C)C1=O. The summed E-state index contributed by atoms with van der Waals surface area (Å²) in [6.07, 6.45) is 4.60. The van der Waals surface area contributed by atoms with Crippen LogP contribution in [-0.2, 0) is 9.59 Å². The molecule has 0 saturated heterocycles. The molecule has 0 aromatic rings. The fourth-order valence-corrected chi connectivity index (χ4v) is 2.69. The zero-order valence-electron chi connectivity index (χ0n) is 9.54. The molecule has 1 atom stereocenters. The highest BCUT2D eigenvalue weighted by Crippen LogP contribution is 2.41. The van der Waals surface area contributed by atoms with Gasteiger partial charge in [0.25, 0.3) is 11.8 Å². The summed E-state index contributed by atoms with van der Waals surface area (Å²) in [5.74, 6) is -0.225. The fraction of sp³-hybridized carbons (Fsp3) is 0.667. The summed E-state index contributed by atoms with van der Waals surface area (Å²) < 4.78 is 0. The Bertz CT molecular complexity index is 355. The smallest absolute Gasteiger partial charge is 0.256 e. The van der Waals surface area contributed by atoms with Gasteiger partial charge in [-0.1, -0.05) is 20.3 Å². The van der Waals surface area contributed by atoms with Gasteiger partial charge in [-0.25, -0.2) is 0 Å². The summed E-state index contributed by atoms with van der Waals surface area (Å²) in [6.45, 7) is 5.99. The highest BCUT2D eigenvalue weighted by atomic mass is 16.2. The van der Waals surface area contributed by atoms with Crippen molar-refractivity contribution in [2.24, 2.45) is 5.41 Å². The minimum Gasteiger partial charge on any atom is -0.272 e. The van der Waals surface area contributed by atoms with Crippen LogP contribution in [0.4, 0.5) is 0 Å². The van der Waals surface area contributed by atoms with E-state index in [9.17, 15) is 9.59 Å². The molecule has 2 amide bonds. The molecule has 2 rings (SSSR count). The largest absolute Gasteiger partial charge is 0.272 e. The summed E-state index contributed by atoms with van der Waals surface area (Å²) in [4.78, 5) is 25.0. The summed E-state index contributed by atoms with van der Waals surface area (Å²) >= 11 is 0. The topological polar surface area (TPSA) is 37.4 Å². The molecular formula is C12H17NO2. The van der Waals surface area contributed by atoms with Crippen molar-refractivity contribution in [1.29, 1.82) is 0 Å². The highest BCUT2D eigenvalue weighted by Gasteiger charge is 2.44. The maximum Gasteiger partial charge on any atom is 0.256 e. The Labute approximate surface area is 90.1 Å². The summed E-state index contributed by atoms with van der Waals surface area (Å²) in [5, 5.41) is 0. The molecule has 3 heteroatoms. The molecule has 0 aromatic heterocycles. The molecular weight excluding hydrogens is 190 g/mol. The molecule has 1 fully saturated rings. The molecule has 1 aliphatic carbocycles. The van der Waals surface area contributed by atoms with Crippen LogP contribution in [0.1, 0.15) is 40.0 Å². The minimum absolute atomic E-state index is 0.0732. The van der Waals surface area contributed by atoms with Gasteiger partial charge in [0.15, 0.2) is 0 Å². The van der Waals surface area contributed by atoms with Gasteiger partial charge < -0.3 is 0 Å². The van der Waals surface area contributed by atoms with Crippen LogP contribution in [0, 0.1) is 5.41 Å². The van der Waals surface area contributed by atoms with Gasteiger partial charge in [-0.05, 0) is 25.2 Å². The zero-order chi connectivity index (χ0) is 11.2. The Morgan fingerprint density at radius 3 is 2.47 bits per heavy atom. The number of imide groups is 1. The van der Waals surface area contributed by atoms with Crippen molar-refractivity contribution in [3.63, 3.8) is 0 Å². The van der Waals surface area contributed by atoms with E-state index in [-0.39, 0.29) is 23.3 Å². The molecule has 0 radical (unpaired) electrons. The van der Waals surface area contributed by atoms with E-state index in [4.69, 9.17) is 0 Å². The van der Waals surface area contributed by atoms with E-state index >= 15 is 0 Å². The third-order valence-electron chi connectivity index (χ3n) is 3.65. The number of amides is 2. The quantitative estimate of drug-likeness (QED) is 0.616. The molecule has 3 nitrogen and oxygen atoms in total. The van der Waals surface area contributed by atoms with Crippen LogP contribution in [0.25, 0.3) is 0 Å². The van der Waals surface area contributed by atoms with Gasteiger partial charge in [0.1, 0.15) is 0 Å². The van der Waals surface area contributed by atoms with Crippen molar-refractivity contribution in [3.8, 4) is 0 Å². The van der Waals surface area contributed by atoms with Gasteiger partial charge in [0.05, 0.1) is 0 Å². The number of hydrogen-bond donors (Lipinski definition) is 0. The minimum atomic E-state index is -0.127. The predicted octanol–water partition coefficient (Wildman–Crippen LogP) is 1.88. The lowest BCUT2D eigenvalue weighted by atomic mass is 9.86. The molecule has 1 unspecified atom stereocenters. The van der Waals surface area contributed by atoms with Gasteiger partial charge in [-0.15, -0.1) is 0 Å². The predicted molar refractivity (Wildman–Crippen MR) is 57.0 cm³/mol. The van der Waals surface area contributed by atoms with Crippen LogP contribution in [-0.4, -0.2) is 22.8 Å². The van der Waals surface area contributed by atoms with E-state index in [0.717, 1.165) is 19.3 Å². The first kappa shape index (κ1) is 10.4. The number of carbonyl (C=O) groups excluding carboxylic acids is 2. The first-order chi connectivity index (χ1) is 6.93. The Balaban J connectivity index is 2.26. The zero-order valence-corrected chi connectivity index (χ0v) is 9.54. The summed E-state index contributed by atoms with van der Waals surface area (Å²) in [5.41, 5.74) is 0.645. The molecule has 2 aliphatic rings. The second kappa shape index (κ2) is 3.19. The molecule has 0 aromatic carbocycles. The van der Waals surface area contributed by atoms with Crippen molar-refractivity contribution < 1.29 is 9.59 Å². The van der Waals surface area contributed by atoms with Crippen LogP contribution >= 0.6 is 0 Å². The third kappa shape index (κ3) is 1.50. The number of hydrogen-bond acceptors (Lipinski definition) is 2. The van der Waals surface area contributed by atoms with E-state index < -0.39 is 0 Å². The van der Waals surface area contributed by atoms with Crippen molar-refractivity contribution >= 4 is 11.8 Å². The van der Waals surface area contributed by atoms with Crippen molar-refractivity contribution in [2.75, 3.05) is 0 Å². The molecule has 0 bridgehead atoms. The average molecular weight is 207 g/mol. The second-order valence-corrected chi connectivity index (χ2v) is 5.24. The monoisotopic (exact) mass is 207 g/mol. The van der Waals surface area contributed by atoms with Crippen LogP contribution in [0.3, 0.4) is 0 Å².